The molecule has 2 aliphatic rings. The van der Waals surface area contributed by atoms with Crippen molar-refractivity contribution in [2.45, 2.75) is 51.4 Å². The van der Waals surface area contributed by atoms with E-state index in [9.17, 15) is 27.9 Å². The zero-order valence-corrected chi connectivity index (χ0v) is 20.4. The van der Waals surface area contributed by atoms with Gasteiger partial charge in [0, 0.05) is 35.5 Å². The van der Waals surface area contributed by atoms with Crippen molar-refractivity contribution in [1.29, 1.82) is 0 Å². The van der Waals surface area contributed by atoms with Crippen molar-refractivity contribution in [3.05, 3.63) is 81.7 Å². The Morgan fingerprint density at radius 2 is 2.05 bits per heavy atom. The topological polar surface area (TPSA) is 86.9 Å². The molecule has 2 amide bonds. The van der Waals surface area contributed by atoms with Gasteiger partial charge in [0.1, 0.15) is 6.26 Å². The largest absolute Gasteiger partial charge is 0.416 e. The zero-order valence-electron chi connectivity index (χ0n) is 20.4. The Balaban J connectivity index is 1.46. The van der Waals surface area contributed by atoms with Crippen LogP contribution in [0.1, 0.15) is 67.9 Å². The van der Waals surface area contributed by atoms with Gasteiger partial charge in [0.25, 0.3) is 11.8 Å². The van der Waals surface area contributed by atoms with Crippen LogP contribution in [0.25, 0.3) is 0 Å². The number of likely N-dealkylation sites (tertiary alicyclic amines) is 1. The number of carbonyl (C=O) groups is 2. The Kier molecular flexibility index (Phi) is 6.31. The first-order valence-corrected chi connectivity index (χ1v) is 12.1. The van der Waals surface area contributed by atoms with Crippen LogP contribution < -0.4 is 4.90 Å². The Morgan fingerprint density at radius 3 is 2.70 bits per heavy atom. The molecule has 0 aliphatic carbocycles. The Bertz CT molecular complexity index is 1370. The fourth-order valence-corrected chi connectivity index (χ4v) is 5.02. The summed E-state index contributed by atoms with van der Waals surface area (Å²) in [4.78, 5) is 28.9. The van der Waals surface area contributed by atoms with Gasteiger partial charge in [-0.1, -0.05) is 24.2 Å². The van der Waals surface area contributed by atoms with Crippen LogP contribution in [0.15, 0.2) is 47.2 Å². The lowest BCUT2D eigenvalue weighted by Gasteiger charge is -2.19. The van der Waals surface area contributed by atoms with Crippen LogP contribution in [0.2, 0.25) is 0 Å². The van der Waals surface area contributed by atoms with E-state index in [4.69, 9.17) is 4.52 Å². The quantitative estimate of drug-likeness (QED) is 0.534. The van der Waals surface area contributed by atoms with E-state index in [2.05, 4.69) is 5.16 Å². The van der Waals surface area contributed by atoms with Crippen LogP contribution in [-0.2, 0) is 19.1 Å². The summed E-state index contributed by atoms with van der Waals surface area (Å²) in [5, 5.41) is 13.8. The van der Waals surface area contributed by atoms with Gasteiger partial charge in [0.15, 0.2) is 0 Å². The molecule has 1 fully saturated rings. The molecule has 7 nitrogen and oxygen atoms in total. The number of alkyl halides is 3. The van der Waals surface area contributed by atoms with Crippen molar-refractivity contribution in [1.82, 2.24) is 10.1 Å². The number of hydrogen-bond acceptors (Lipinski definition) is 5. The van der Waals surface area contributed by atoms with Crippen molar-refractivity contribution in [2.24, 2.45) is 0 Å². The standard InChI is InChI=1S/C27H26F3N3O4/c1-15(8-24-16(2)14-37-31-24)17-4-3-5-19(9-17)33-13-22-21(26(33)36)10-18(11-23(22)27(28,29)30)25(35)32-7-6-20(34)12-32/h3-5,9-11,14-15,20,34H,6-8,12-13H2,1-2H3/t15-,20+/m1/s1. The molecular formula is C27H26F3N3O4. The van der Waals surface area contributed by atoms with Gasteiger partial charge in [-0.15, -0.1) is 0 Å². The van der Waals surface area contributed by atoms with Gasteiger partial charge in [-0.25, -0.2) is 0 Å². The normalized spacial score (nSPS) is 18.4. The van der Waals surface area contributed by atoms with Crippen LogP contribution in [0.5, 0.6) is 0 Å². The molecule has 1 saturated heterocycles. The summed E-state index contributed by atoms with van der Waals surface area (Å²) in [6, 6.07) is 9.23. The average molecular weight is 514 g/mol. The number of hydrogen-bond donors (Lipinski definition) is 1. The molecule has 0 spiro atoms. The number of halogens is 3. The first kappa shape index (κ1) is 25.0. The fourth-order valence-electron chi connectivity index (χ4n) is 5.02. The van der Waals surface area contributed by atoms with Crippen molar-refractivity contribution >= 4 is 17.5 Å². The van der Waals surface area contributed by atoms with Crippen LogP contribution in [-0.4, -0.2) is 46.2 Å². The number of benzene rings is 2. The van der Waals surface area contributed by atoms with Gasteiger partial charge < -0.3 is 19.4 Å². The number of amides is 2. The summed E-state index contributed by atoms with van der Waals surface area (Å²) in [5.41, 5.74) is 1.66. The number of anilines is 1. The van der Waals surface area contributed by atoms with Crippen LogP contribution in [0.3, 0.4) is 0 Å². The first-order chi connectivity index (χ1) is 17.5. The number of aromatic nitrogens is 1. The molecule has 1 aromatic heterocycles. The molecule has 2 aliphatic heterocycles. The van der Waals surface area contributed by atoms with Gasteiger partial charge in [-0.2, -0.15) is 13.2 Å². The SMILES string of the molecule is Cc1conc1C[C@@H](C)c1cccc(N2Cc3c(cc(C(=O)N4CC[C@H](O)C4)cc3C(F)(F)F)C2=O)c1. The molecule has 0 bridgehead atoms. The minimum Gasteiger partial charge on any atom is -0.391 e. The molecule has 37 heavy (non-hydrogen) atoms. The molecule has 0 radical (unpaired) electrons. The maximum Gasteiger partial charge on any atom is 0.416 e. The van der Waals surface area contributed by atoms with Gasteiger partial charge in [0.2, 0.25) is 0 Å². The van der Waals surface area contributed by atoms with Crippen molar-refractivity contribution in [2.75, 3.05) is 18.0 Å². The fraction of sp³-hybridized carbons (Fsp3) is 0.370. The summed E-state index contributed by atoms with van der Waals surface area (Å²) in [6.07, 6.45) is -2.91. The zero-order chi connectivity index (χ0) is 26.5. The molecule has 3 heterocycles. The molecule has 5 rings (SSSR count). The monoisotopic (exact) mass is 513 g/mol. The lowest BCUT2D eigenvalue weighted by atomic mass is 9.94. The molecule has 1 N–H and O–H groups in total. The van der Waals surface area contributed by atoms with E-state index in [0.29, 0.717) is 18.5 Å². The van der Waals surface area contributed by atoms with Gasteiger partial charge >= 0.3 is 6.18 Å². The third kappa shape index (κ3) is 4.73. The summed E-state index contributed by atoms with van der Waals surface area (Å²) < 4.78 is 47.2. The van der Waals surface area contributed by atoms with Gasteiger partial charge in [0.05, 0.1) is 23.9 Å². The molecule has 0 saturated carbocycles. The lowest BCUT2D eigenvalue weighted by Crippen LogP contribution is -2.30. The number of β-amino-alcohol motifs (C(OH)–C–C–N with tert-alkyl or cyclic N) is 1. The highest BCUT2D eigenvalue weighted by Crippen LogP contribution is 2.40. The first-order valence-electron chi connectivity index (χ1n) is 12.1. The molecule has 2 aromatic carbocycles. The van der Waals surface area contributed by atoms with E-state index < -0.39 is 29.7 Å². The summed E-state index contributed by atoms with van der Waals surface area (Å²) in [7, 11) is 0. The molecular weight excluding hydrogens is 487 g/mol. The van der Waals surface area contributed by atoms with E-state index in [0.717, 1.165) is 22.9 Å². The smallest absolute Gasteiger partial charge is 0.391 e. The highest BCUT2D eigenvalue weighted by atomic mass is 19.4. The second kappa shape index (κ2) is 9.33. The Labute approximate surface area is 211 Å². The second-order valence-corrected chi connectivity index (χ2v) is 9.78. The average Bonchev–Trinajstić information content (AvgIpc) is 3.56. The predicted molar refractivity (Wildman–Crippen MR) is 128 cm³/mol. The predicted octanol–water partition coefficient (Wildman–Crippen LogP) is 4.72. The van der Waals surface area contributed by atoms with E-state index in [-0.39, 0.29) is 42.2 Å². The van der Waals surface area contributed by atoms with Crippen LogP contribution >= 0.6 is 0 Å². The lowest BCUT2D eigenvalue weighted by molar-refractivity contribution is -0.138. The summed E-state index contributed by atoms with van der Waals surface area (Å²) >= 11 is 0. The minimum atomic E-state index is -4.74. The van der Waals surface area contributed by atoms with Gasteiger partial charge in [-0.05, 0) is 61.1 Å². The third-order valence-electron chi connectivity index (χ3n) is 7.14. The second-order valence-electron chi connectivity index (χ2n) is 9.78. The van der Waals surface area contributed by atoms with E-state index >= 15 is 0 Å². The van der Waals surface area contributed by atoms with Crippen molar-refractivity contribution in [3.8, 4) is 0 Å². The molecule has 3 aromatic rings. The number of carbonyl (C=O) groups excluding carboxylic acids is 2. The van der Waals surface area contributed by atoms with Crippen LogP contribution in [0, 0.1) is 6.92 Å². The Morgan fingerprint density at radius 1 is 1.27 bits per heavy atom. The minimum absolute atomic E-state index is 0.0228. The Hall–Kier alpha value is -3.66. The molecule has 0 unspecified atom stereocenters. The number of rotatable bonds is 5. The number of aryl methyl sites for hydroxylation is 1. The molecule has 194 valence electrons. The van der Waals surface area contributed by atoms with Crippen LogP contribution in [0.4, 0.5) is 18.9 Å². The van der Waals surface area contributed by atoms with Crippen molar-refractivity contribution < 1.29 is 32.4 Å². The summed E-state index contributed by atoms with van der Waals surface area (Å²) in [6.45, 7) is 3.95. The van der Waals surface area contributed by atoms with E-state index in [1.165, 1.54) is 15.9 Å². The molecule has 2 atom stereocenters. The maximum absolute atomic E-state index is 14.1. The third-order valence-corrected chi connectivity index (χ3v) is 7.14. The number of aliphatic hydroxyl groups is 1. The summed E-state index contributed by atoms with van der Waals surface area (Å²) in [5.74, 6) is -1.20. The number of fused-ring (bicyclic) bond motifs is 1. The van der Waals surface area contributed by atoms with Gasteiger partial charge in [-0.3, -0.25) is 9.59 Å². The maximum atomic E-state index is 14.1. The highest BCUT2D eigenvalue weighted by Gasteiger charge is 2.41. The van der Waals surface area contributed by atoms with Crippen molar-refractivity contribution in [3.63, 3.8) is 0 Å². The molecule has 10 heteroatoms. The van der Waals surface area contributed by atoms with E-state index in [1.54, 1.807) is 24.5 Å². The number of aliphatic hydroxyl groups excluding tert-OH is 1. The highest BCUT2D eigenvalue weighted by molar-refractivity contribution is 6.11. The van der Waals surface area contributed by atoms with E-state index in [1.807, 2.05) is 19.9 Å². The number of nitrogens with zero attached hydrogens (tertiary/aromatic N) is 3.